The van der Waals surface area contributed by atoms with E-state index in [0.717, 1.165) is 4.68 Å². The fraction of sp³-hybridized carbons (Fsp3) is 0.500. The Bertz CT molecular complexity index is 1590. The average Bonchev–Trinajstić information content (AvgIpc) is 3.63. The second kappa shape index (κ2) is 10.9. The monoisotopic (exact) mass is 592 g/mol. The molecule has 0 unspecified atom stereocenters. The van der Waals surface area contributed by atoms with E-state index in [0.29, 0.717) is 24.2 Å². The molecule has 4 aromatic rings. The van der Waals surface area contributed by atoms with Crippen LogP contribution in [-0.2, 0) is 18.5 Å². The molecule has 1 saturated heterocycles. The van der Waals surface area contributed by atoms with Gasteiger partial charge in [0.05, 0.1) is 47.7 Å². The second-order valence-electron chi connectivity index (χ2n) is 11.4. The zero-order valence-corrected chi connectivity index (χ0v) is 23.5. The number of hydrogen-bond acceptors (Lipinski definition) is 9. The van der Waals surface area contributed by atoms with Gasteiger partial charge < -0.3 is 25.8 Å². The van der Waals surface area contributed by atoms with Gasteiger partial charge in [0.25, 0.3) is 11.9 Å². The zero-order valence-electron chi connectivity index (χ0n) is 23.5. The number of benzene rings is 1. The van der Waals surface area contributed by atoms with E-state index >= 15 is 0 Å². The molecule has 0 aliphatic carbocycles. The standard InChI is InChI=1S/C26H32F4N10O2/c1-25(2,3)39-12-14(10-33-39)23(41)32-11-21-35-24(37-42-21)40-20(9-26(28,29)30)16-7-15(31)8-19(22(16)36-40)34-18-5-6-38(4)13-17(18)27/h7-8,10,12,17-18,34H,5-6,9,11,13,31H2,1-4H3,(H,32,41)/t17-,18+/m0/s1. The number of likely N-dealkylation sites (tertiary alicyclic amines) is 1. The highest BCUT2D eigenvalue weighted by Gasteiger charge is 2.34. The number of fused-ring (bicyclic) bond motifs is 1. The summed E-state index contributed by atoms with van der Waals surface area (Å²) in [5.41, 5.74) is 6.43. The second-order valence-corrected chi connectivity index (χ2v) is 11.4. The summed E-state index contributed by atoms with van der Waals surface area (Å²) in [6.45, 7) is 6.50. The molecule has 12 nitrogen and oxygen atoms in total. The minimum Gasteiger partial charge on any atom is -0.399 e. The molecule has 42 heavy (non-hydrogen) atoms. The molecule has 1 amide bonds. The summed E-state index contributed by atoms with van der Waals surface area (Å²) in [6, 6.07) is 2.32. The predicted molar refractivity (Wildman–Crippen MR) is 146 cm³/mol. The summed E-state index contributed by atoms with van der Waals surface area (Å²) >= 11 is 0. The molecule has 226 valence electrons. The fourth-order valence-corrected chi connectivity index (χ4v) is 4.78. The average molecular weight is 593 g/mol. The van der Waals surface area contributed by atoms with Gasteiger partial charge in [-0.25, -0.2) is 4.39 Å². The van der Waals surface area contributed by atoms with Crippen molar-refractivity contribution in [3.05, 3.63) is 41.7 Å². The zero-order chi connectivity index (χ0) is 30.4. The van der Waals surface area contributed by atoms with E-state index in [1.165, 1.54) is 18.3 Å². The highest BCUT2D eigenvalue weighted by molar-refractivity contribution is 5.96. The molecule has 1 fully saturated rings. The fourth-order valence-electron chi connectivity index (χ4n) is 4.78. The number of anilines is 2. The lowest BCUT2D eigenvalue weighted by molar-refractivity contribution is -0.128. The molecule has 0 bridgehead atoms. The van der Waals surface area contributed by atoms with Crippen LogP contribution in [0.25, 0.3) is 16.9 Å². The van der Waals surface area contributed by atoms with Gasteiger partial charge in [-0.2, -0.15) is 33.0 Å². The number of nitrogens with two attached hydrogens (primary N) is 1. The van der Waals surface area contributed by atoms with E-state index in [1.807, 2.05) is 32.7 Å². The predicted octanol–water partition coefficient (Wildman–Crippen LogP) is 3.43. The number of amides is 1. The van der Waals surface area contributed by atoms with E-state index in [4.69, 9.17) is 10.3 Å². The number of nitrogens with one attached hydrogen (secondary N) is 2. The number of carbonyl (C=O) groups excluding carboxylic acids is 1. The Kier molecular flexibility index (Phi) is 7.59. The normalized spacial score (nSPS) is 18.5. The van der Waals surface area contributed by atoms with E-state index in [2.05, 4.69) is 31.0 Å². The number of alkyl halides is 4. The Morgan fingerprint density at radius 3 is 2.67 bits per heavy atom. The van der Waals surface area contributed by atoms with Crippen molar-refractivity contribution in [3.63, 3.8) is 0 Å². The van der Waals surface area contributed by atoms with Crippen molar-refractivity contribution in [2.75, 3.05) is 31.2 Å². The molecule has 4 N–H and O–H groups in total. The number of rotatable bonds is 7. The van der Waals surface area contributed by atoms with Crippen molar-refractivity contribution < 1.29 is 26.9 Å². The third kappa shape index (κ3) is 6.32. The molecule has 2 atom stereocenters. The van der Waals surface area contributed by atoms with Gasteiger partial charge in [0.2, 0.25) is 5.89 Å². The molecule has 0 radical (unpaired) electrons. The minimum atomic E-state index is -4.60. The molecule has 0 saturated carbocycles. The van der Waals surface area contributed by atoms with Gasteiger partial charge >= 0.3 is 6.18 Å². The Morgan fingerprint density at radius 1 is 1.24 bits per heavy atom. The van der Waals surface area contributed by atoms with Gasteiger partial charge in [-0.05, 0) is 51.5 Å². The molecule has 1 aliphatic heterocycles. The maximum absolute atomic E-state index is 14.8. The molecule has 1 aliphatic rings. The lowest BCUT2D eigenvalue weighted by atomic mass is 10.0. The van der Waals surface area contributed by atoms with Crippen LogP contribution in [0.2, 0.25) is 0 Å². The first-order valence-electron chi connectivity index (χ1n) is 13.3. The highest BCUT2D eigenvalue weighted by Crippen LogP contribution is 2.34. The van der Waals surface area contributed by atoms with Crippen molar-refractivity contribution in [2.24, 2.45) is 0 Å². The van der Waals surface area contributed by atoms with Crippen molar-refractivity contribution in [2.45, 2.75) is 64.1 Å². The van der Waals surface area contributed by atoms with Gasteiger partial charge in [0.15, 0.2) is 0 Å². The van der Waals surface area contributed by atoms with Gasteiger partial charge in [-0.15, -0.1) is 0 Å². The largest absolute Gasteiger partial charge is 0.399 e. The van der Waals surface area contributed by atoms with E-state index < -0.39 is 30.7 Å². The van der Waals surface area contributed by atoms with Crippen LogP contribution < -0.4 is 16.4 Å². The molecule has 0 spiro atoms. The Morgan fingerprint density at radius 2 is 2.00 bits per heavy atom. The topological polar surface area (TPSA) is 145 Å². The molecule has 1 aromatic carbocycles. The summed E-state index contributed by atoms with van der Waals surface area (Å²) in [6.07, 6.45) is -3.65. The number of nitrogen functional groups attached to an aromatic ring is 1. The molecule has 4 heterocycles. The summed E-state index contributed by atoms with van der Waals surface area (Å²) in [4.78, 5) is 18.6. The summed E-state index contributed by atoms with van der Waals surface area (Å²) in [7, 11) is 1.82. The Balaban J connectivity index is 1.43. The van der Waals surface area contributed by atoms with Crippen LogP contribution >= 0.6 is 0 Å². The first-order valence-corrected chi connectivity index (χ1v) is 13.3. The van der Waals surface area contributed by atoms with Gasteiger partial charge in [0, 0.05) is 30.4 Å². The van der Waals surface area contributed by atoms with Crippen LogP contribution in [0.15, 0.2) is 29.0 Å². The van der Waals surface area contributed by atoms with Crippen LogP contribution in [0, 0.1) is 0 Å². The van der Waals surface area contributed by atoms with Crippen LogP contribution in [0.4, 0.5) is 28.9 Å². The number of halogens is 4. The lowest BCUT2D eigenvalue weighted by Gasteiger charge is -2.33. The number of hydrogen-bond donors (Lipinski definition) is 3. The third-order valence-corrected chi connectivity index (χ3v) is 6.93. The maximum Gasteiger partial charge on any atom is 0.394 e. The Labute approximate surface area is 238 Å². The van der Waals surface area contributed by atoms with Crippen molar-refractivity contribution >= 4 is 28.2 Å². The summed E-state index contributed by atoms with van der Waals surface area (Å²) < 4.78 is 63.7. The van der Waals surface area contributed by atoms with Crippen LogP contribution in [0.1, 0.15) is 49.1 Å². The van der Waals surface area contributed by atoms with E-state index in [-0.39, 0.29) is 52.8 Å². The molecule has 3 aromatic heterocycles. The third-order valence-electron chi connectivity index (χ3n) is 6.93. The number of aromatic nitrogens is 6. The lowest BCUT2D eigenvalue weighted by Crippen LogP contribution is -2.46. The smallest absolute Gasteiger partial charge is 0.394 e. The number of piperidine rings is 1. The van der Waals surface area contributed by atoms with Gasteiger partial charge in [0.1, 0.15) is 11.7 Å². The maximum atomic E-state index is 14.8. The first kappa shape index (κ1) is 29.3. The van der Waals surface area contributed by atoms with Crippen LogP contribution in [0.5, 0.6) is 0 Å². The SMILES string of the molecule is CN1CC[C@@H](Nc2cc(N)cc3c(CC(F)(F)F)n(-c4noc(CNC(=O)c5cnn(C(C)(C)C)c5)n4)nc23)[C@@H](F)C1. The van der Waals surface area contributed by atoms with E-state index in [1.54, 1.807) is 10.9 Å². The number of carbonyl (C=O) groups is 1. The van der Waals surface area contributed by atoms with Crippen molar-refractivity contribution in [1.29, 1.82) is 0 Å². The Hall–Kier alpha value is -4.21. The van der Waals surface area contributed by atoms with Crippen molar-refractivity contribution in [3.8, 4) is 5.95 Å². The number of nitrogens with zero attached hydrogens (tertiary/aromatic N) is 7. The van der Waals surface area contributed by atoms with Crippen LogP contribution in [-0.4, -0.2) is 79.0 Å². The quantitative estimate of drug-likeness (QED) is 0.217. The van der Waals surface area contributed by atoms with Gasteiger partial charge in [-0.1, -0.05) is 0 Å². The molecule has 5 rings (SSSR count). The van der Waals surface area contributed by atoms with Crippen molar-refractivity contribution in [1.82, 2.24) is 39.9 Å². The molecule has 16 heteroatoms. The first-order chi connectivity index (χ1) is 19.7. The van der Waals surface area contributed by atoms with Gasteiger partial charge in [-0.3, -0.25) is 9.48 Å². The minimum absolute atomic E-state index is 0.0523. The van der Waals surface area contributed by atoms with E-state index in [9.17, 15) is 22.4 Å². The summed E-state index contributed by atoms with van der Waals surface area (Å²) in [5.74, 6) is -0.759. The van der Waals surface area contributed by atoms with Crippen LogP contribution in [0.3, 0.4) is 0 Å². The highest BCUT2D eigenvalue weighted by atomic mass is 19.4. The summed E-state index contributed by atoms with van der Waals surface area (Å²) in [5, 5.41) is 18.2. The molecular weight excluding hydrogens is 560 g/mol. The molecular formula is C26H32F4N10O2.